The molecule has 1 aromatic heterocycles. The van der Waals surface area contributed by atoms with E-state index in [1.807, 2.05) is 61.5 Å². The van der Waals surface area contributed by atoms with Gasteiger partial charge >= 0.3 is 0 Å². The zero-order chi connectivity index (χ0) is 20.9. The normalized spacial score (nSPS) is 10.7. The summed E-state index contributed by atoms with van der Waals surface area (Å²) in [5, 5.41) is 7.48. The maximum Gasteiger partial charge on any atom is 0.227 e. The van der Waals surface area contributed by atoms with E-state index in [1.54, 1.807) is 6.07 Å². The highest BCUT2D eigenvalue weighted by Crippen LogP contribution is 2.23. The van der Waals surface area contributed by atoms with Crippen LogP contribution in [0.25, 0.3) is 22.5 Å². The Labute approximate surface area is 179 Å². The zero-order valence-electron chi connectivity index (χ0n) is 16.4. The molecule has 150 valence electrons. The third-order valence-electron chi connectivity index (χ3n) is 4.74. The molecule has 1 N–H and O–H groups in total. The Hall–Kier alpha value is -3.44. The largest absolute Gasteiger partial charge is 0.339 e. The SMILES string of the molecule is Cc1ccc(NC(=O)CCc2nc(-c3ccc(-c4ccccc4)cc3)no2)cc1Cl. The summed E-state index contributed by atoms with van der Waals surface area (Å²) in [5.41, 5.74) is 4.77. The highest BCUT2D eigenvalue weighted by molar-refractivity contribution is 6.31. The summed E-state index contributed by atoms with van der Waals surface area (Å²) >= 11 is 6.09. The Morgan fingerprint density at radius 2 is 1.67 bits per heavy atom. The number of nitrogens with one attached hydrogen (secondary N) is 1. The second kappa shape index (κ2) is 8.93. The first kappa shape index (κ1) is 19.9. The van der Waals surface area contributed by atoms with E-state index in [0.29, 0.717) is 28.8 Å². The molecule has 6 heteroatoms. The van der Waals surface area contributed by atoms with E-state index in [-0.39, 0.29) is 12.3 Å². The van der Waals surface area contributed by atoms with E-state index in [9.17, 15) is 4.79 Å². The zero-order valence-corrected chi connectivity index (χ0v) is 17.2. The highest BCUT2D eigenvalue weighted by Gasteiger charge is 2.11. The van der Waals surface area contributed by atoms with E-state index >= 15 is 0 Å². The fourth-order valence-corrected chi connectivity index (χ4v) is 3.21. The van der Waals surface area contributed by atoms with Crippen molar-refractivity contribution in [2.45, 2.75) is 19.8 Å². The average molecular weight is 418 g/mol. The van der Waals surface area contributed by atoms with Gasteiger partial charge in [0.25, 0.3) is 0 Å². The minimum absolute atomic E-state index is 0.137. The monoisotopic (exact) mass is 417 g/mol. The summed E-state index contributed by atoms with van der Waals surface area (Å²) in [4.78, 5) is 16.6. The lowest BCUT2D eigenvalue weighted by Crippen LogP contribution is -2.12. The highest BCUT2D eigenvalue weighted by atomic mass is 35.5. The van der Waals surface area contributed by atoms with Crippen LogP contribution in [0.5, 0.6) is 0 Å². The standard InChI is InChI=1S/C24H20ClN3O2/c1-16-7-12-20(15-21(16)25)26-22(29)13-14-23-27-24(28-30-23)19-10-8-18(9-11-19)17-5-3-2-4-6-17/h2-12,15H,13-14H2,1H3,(H,26,29). The lowest BCUT2D eigenvalue weighted by Gasteiger charge is -2.06. The van der Waals surface area contributed by atoms with Crippen LogP contribution in [-0.2, 0) is 11.2 Å². The average Bonchev–Trinajstić information content (AvgIpc) is 3.25. The number of aromatic nitrogens is 2. The number of amides is 1. The van der Waals surface area contributed by atoms with E-state index in [0.717, 1.165) is 22.3 Å². The lowest BCUT2D eigenvalue weighted by atomic mass is 10.0. The Kier molecular flexibility index (Phi) is 5.91. The topological polar surface area (TPSA) is 68.0 Å². The Morgan fingerprint density at radius 3 is 2.40 bits per heavy atom. The van der Waals surface area contributed by atoms with Crippen LogP contribution in [0, 0.1) is 6.92 Å². The maximum atomic E-state index is 12.2. The fraction of sp³-hybridized carbons (Fsp3) is 0.125. The number of carbonyl (C=O) groups is 1. The van der Waals surface area contributed by atoms with Gasteiger partial charge in [-0.2, -0.15) is 4.98 Å². The molecular formula is C24H20ClN3O2. The number of benzene rings is 3. The van der Waals surface area contributed by atoms with Crippen molar-refractivity contribution in [3.8, 4) is 22.5 Å². The molecule has 3 aromatic carbocycles. The Balaban J connectivity index is 1.36. The quantitative estimate of drug-likeness (QED) is 0.421. The third-order valence-corrected chi connectivity index (χ3v) is 5.15. The molecule has 0 bridgehead atoms. The molecule has 5 nitrogen and oxygen atoms in total. The van der Waals surface area contributed by atoms with Crippen molar-refractivity contribution < 1.29 is 9.32 Å². The van der Waals surface area contributed by atoms with Crippen molar-refractivity contribution in [1.82, 2.24) is 10.1 Å². The minimum atomic E-state index is -0.137. The number of nitrogens with zero attached hydrogens (tertiary/aromatic N) is 2. The first-order chi connectivity index (χ1) is 14.6. The Morgan fingerprint density at radius 1 is 0.967 bits per heavy atom. The molecule has 0 aliphatic heterocycles. The number of hydrogen-bond donors (Lipinski definition) is 1. The maximum absolute atomic E-state index is 12.2. The van der Waals surface area contributed by atoms with E-state index in [4.69, 9.17) is 16.1 Å². The number of aryl methyl sites for hydroxylation is 2. The first-order valence-electron chi connectivity index (χ1n) is 9.63. The van der Waals surface area contributed by atoms with Crippen LogP contribution < -0.4 is 5.32 Å². The summed E-state index contributed by atoms with van der Waals surface area (Å²) in [7, 11) is 0. The summed E-state index contributed by atoms with van der Waals surface area (Å²) in [6.45, 7) is 1.91. The van der Waals surface area contributed by atoms with Gasteiger partial charge in [-0.05, 0) is 35.7 Å². The van der Waals surface area contributed by atoms with Gasteiger partial charge in [0.05, 0.1) is 0 Å². The number of carbonyl (C=O) groups excluding carboxylic acids is 1. The van der Waals surface area contributed by atoms with Gasteiger partial charge in [0.15, 0.2) is 0 Å². The molecule has 0 fully saturated rings. The summed E-state index contributed by atoms with van der Waals surface area (Å²) < 4.78 is 5.31. The fourth-order valence-electron chi connectivity index (χ4n) is 3.03. The van der Waals surface area contributed by atoms with Crippen LogP contribution in [0.1, 0.15) is 17.9 Å². The van der Waals surface area contributed by atoms with Gasteiger partial charge in [-0.3, -0.25) is 4.79 Å². The number of hydrogen-bond acceptors (Lipinski definition) is 4. The van der Waals surface area contributed by atoms with Gasteiger partial charge in [0, 0.05) is 29.1 Å². The lowest BCUT2D eigenvalue weighted by molar-refractivity contribution is -0.116. The molecular weight excluding hydrogens is 398 g/mol. The van der Waals surface area contributed by atoms with Gasteiger partial charge < -0.3 is 9.84 Å². The van der Waals surface area contributed by atoms with E-state index in [1.165, 1.54) is 0 Å². The van der Waals surface area contributed by atoms with E-state index in [2.05, 4.69) is 27.6 Å². The molecule has 0 saturated heterocycles. The van der Waals surface area contributed by atoms with Crippen molar-refractivity contribution in [3.05, 3.63) is 89.3 Å². The van der Waals surface area contributed by atoms with Gasteiger partial charge in [-0.25, -0.2) is 0 Å². The van der Waals surface area contributed by atoms with E-state index < -0.39 is 0 Å². The second-order valence-corrected chi connectivity index (χ2v) is 7.37. The summed E-state index contributed by atoms with van der Waals surface area (Å²) in [6, 6.07) is 23.6. The Bertz CT molecular complexity index is 1150. The predicted molar refractivity (Wildman–Crippen MR) is 118 cm³/mol. The molecule has 1 amide bonds. The van der Waals surface area contributed by atoms with Crippen molar-refractivity contribution in [3.63, 3.8) is 0 Å². The molecule has 30 heavy (non-hydrogen) atoms. The molecule has 0 saturated carbocycles. The number of rotatable bonds is 6. The molecule has 0 atom stereocenters. The van der Waals surface area contributed by atoms with Crippen molar-refractivity contribution in [2.24, 2.45) is 0 Å². The molecule has 1 heterocycles. The molecule has 0 aliphatic rings. The number of anilines is 1. The molecule has 4 rings (SSSR count). The molecule has 0 aliphatic carbocycles. The van der Waals surface area contributed by atoms with Gasteiger partial charge in [-0.1, -0.05) is 77.4 Å². The number of halogens is 1. The molecule has 0 spiro atoms. The summed E-state index contributed by atoms with van der Waals surface area (Å²) in [5.74, 6) is 0.798. The van der Waals surface area contributed by atoms with Crippen LogP contribution in [0.15, 0.2) is 77.3 Å². The molecule has 0 radical (unpaired) electrons. The van der Waals surface area contributed by atoms with Gasteiger partial charge in [0.1, 0.15) is 0 Å². The first-order valence-corrected chi connectivity index (χ1v) is 10.0. The van der Waals surface area contributed by atoms with Crippen molar-refractivity contribution >= 4 is 23.2 Å². The smallest absolute Gasteiger partial charge is 0.227 e. The minimum Gasteiger partial charge on any atom is -0.339 e. The molecule has 0 unspecified atom stereocenters. The van der Waals surface area contributed by atoms with Crippen LogP contribution in [0.3, 0.4) is 0 Å². The second-order valence-electron chi connectivity index (χ2n) is 6.97. The summed E-state index contributed by atoms with van der Waals surface area (Å²) in [6.07, 6.45) is 0.598. The van der Waals surface area contributed by atoms with Crippen molar-refractivity contribution in [2.75, 3.05) is 5.32 Å². The van der Waals surface area contributed by atoms with Gasteiger partial charge in [-0.15, -0.1) is 0 Å². The van der Waals surface area contributed by atoms with Crippen LogP contribution in [0.4, 0.5) is 5.69 Å². The van der Waals surface area contributed by atoms with Crippen molar-refractivity contribution in [1.29, 1.82) is 0 Å². The van der Waals surface area contributed by atoms with Crippen LogP contribution in [-0.4, -0.2) is 16.0 Å². The van der Waals surface area contributed by atoms with Crippen LogP contribution >= 0.6 is 11.6 Å². The van der Waals surface area contributed by atoms with Gasteiger partial charge in [0.2, 0.25) is 17.6 Å². The third kappa shape index (κ3) is 4.75. The predicted octanol–water partition coefficient (Wildman–Crippen LogP) is 5.94. The molecule has 4 aromatic rings. The van der Waals surface area contributed by atoms with Crippen LogP contribution in [0.2, 0.25) is 5.02 Å².